The van der Waals surface area contributed by atoms with E-state index in [2.05, 4.69) is 10.6 Å². The molecular weight excluding hydrogens is 396 g/mol. The minimum absolute atomic E-state index is 0.134. The van der Waals surface area contributed by atoms with Crippen molar-refractivity contribution in [2.45, 2.75) is 45.6 Å². The minimum atomic E-state index is -0.269. The van der Waals surface area contributed by atoms with Crippen molar-refractivity contribution in [1.82, 2.24) is 5.32 Å². The van der Waals surface area contributed by atoms with Gasteiger partial charge in [-0.1, -0.05) is 13.0 Å². The van der Waals surface area contributed by atoms with Crippen LogP contribution in [0.15, 0.2) is 36.4 Å². The molecule has 0 heterocycles. The summed E-state index contributed by atoms with van der Waals surface area (Å²) in [7, 11) is 4.66. The summed E-state index contributed by atoms with van der Waals surface area (Å²) in [5.41, 5.74) is 1.76. The molecule has 0 fully saturated rings. The highest BCUT2D eigenvalue weighted by molar-refractivity contribution is 5.96. The normalized spacial score (nSPS) is 10.9. The average molecular weight is 429 g/mol. The summed E-state index contributed by atoms with van der Waals surface area (Å²) in [6, 6.07) is 10.5. The number of benzene rings is 2. The minimum Gasteiger partial charge on any atom is -0.493 e. The van der Waals surface area contributed by atoms with Crippen LogP contribution in [0.1, 0.15) is 49.5 Å². The highest BCUT2D eigenvalue weighted by Gasteiger charge is 2.19. The summed E-state index contributed by atoms with van der Waals surface area (Å²) in [5, 5.41) is 5.85. The fraction of sp³-hybridized carbons (Fsp3) is 0.417. The maximum Gasteiger partial charge on any atom is 0.251 e. The van der Waals surface area contributed by atoms with Crippen molar-refractivity contribution in [3.8, 4) is 17.2 Å². The molecule has 2 N–H and O–H groups in total. The van der Waals surface area contributed by atoms with Gasteiger partial charge in [0.2, 0.25) is 11.7 Å². The number of anilines is 1. The van der Waals surface area contributed by atoms with Crippen LogP contribution in [0.4, 0.5) is 5.69 Å². The largest absolute Gasteiger partial charge is 0.493 e. The van der Waals surface area contributed by atoms with Crippen LogP contribution >= 0.6 is 0 Å². The van der Waals surface area contributed by atoms with Crippen LogP contribution in [0.5, 0.6) is 17.2 Å². The average Bonchev–Trinajstić information content (AvgIpc) is 2.76. The smallest absolute Gasteiger partial charge is 0.251 e. The molecule has 2 aromatic rings. The van der Waals surface area contributed by atoms with Crippen molar-refractivity contribution < 1.29 is 23.8 Å². The fourth-order valence-electron chi connectivity index (χ4n) is 3.00. The van der Waals surface area contributed by atoms with E-state index in [0.29, 0.717) is 34.9 Å². The van der Waals surface area contributed by atoms with Gasteiger partial charge in [-0.05, 0) is 62.6 Å². The molecular formula is C24H32N2O5. The van der Waals surface area contributed by atoms with Gasteiger partial charge in [-0.2, -0.15) is 0 Å². The van der Waals surface area contributed by atoms with Crippen LogP contribution in [0.3, 0.4) is 0 Å². The first-order valence-electron chi connectivity index (χ1n) is 10.2. The Morgan fingerprint density at radius 3 is 2.10 bits per heavy atom. The van der Waals surface area contributed by atoms with E-state index in [4.69, 9.17) is 14.2 Å². The highest BCUT2D eigenvalue weighted by Crippen LogP contribution is 2.40. The molecule has 0 saturated carbocycles. The Morgan fingerprint density at radius 1 is 0.903 bits per heavy atom. The fourth-order valence-corrected chi connectivity index (χ4v) is 3.00. The van der Waals surface area contributed by atoms with Gasteiger partial charge in [0, 0.05) is 23.2 Å². The maximum atomic E-state index is 12.4. The van der Waals surface area contributed by atoms with E-state index in [9.17, 15) is 9.59 Å². The first kappa shape index (κ1) is 24.1. The predicted octanol–water partition coefficient (Wildman–Crippen LogP) is 4.20. The zero-order valence-corrected chi connectivity index (χ0v) is 19.1. The molecule has 0 spiro atoms. The highest BCUT2D eigenvalue weighted by atomic mass is 16.5. The Bertz CT molecular complexity index is 907. The SMILES string of the molecule is CCC(C)(C)NC(=O)c1ccc(NC(=O)CCc2ccc(OC)c(OC)c2OC)cc1. The molecule has 2 aromatic carbocycles. The van der Waals surface area contributed by atoms with Gasteiger partial charge in [0.15, 0.2) is 11.5 Å². The second kappa shape index (κ2) is 10.7. The lowest BCUT2D eigenvalue weighted by Crippen LogP contribution is -2.42. The molecule has 0 aliphatic heterocycles. The molecule has 0 aliphatic rings. The molecule has 0 saturated heterocycles. The van der Waals surface area contributed by atoms with Gasteiger partial charge in [-0.25, -0.2) is 0 Å². The maximum absolute atomic E-state index is 12.4. The third-order valence-electron chi connectivity index (χ3n) is 5.17. The monoisotopic (exact) mass is 428 g/mol. The van der Waals surface area contributed by atoms with Gasteiger partial charge < -0.3 is 24.8 Å². The molecule has 0 atom stereocenters. The quantitative estimate of drug-likeness (QED) is 0.592. The summed E-state index contributed by atoms with van der Waals surface area (Å²) in [5.74, 6) is 1.36. The first-order valence-corrected chi connectivity index (χ1v) is 10.2. The van der Waals surface area contributed by atoms with Crippen LogP contribution in [0.2, 0.25) is 0 Å². The Kier molecular flexibility index (Phi) is 8.30. The summed E-state index contributed by atoms with van der Waals surface area (Å²) >= 11 is 0. The van der Waals surface area contributed by atoms with Gasteiger partial charge >= 0.3 is 0 Å². The number of carbonyl (C=O) groups is 2. The summed E-state index contributed by atoms with van der Waals surface area (Å²) in [6.07, 6.45) is 1.57. The van der Waals surface area contributed by atoms with E-state index < -0.39 is 0 Å². The lowest BCUT2D eigenvalue weighted by Gasteiger charge is -2.24. The molecule has 2 amide bonds. The number of aryl methyl sites for hydroxylation is 1. The summed E-state index contributed by atoms with van der Waals surface area (Å²) in [4.78, 5) is 24.8. The van der Waals surface area contributed by atoms with Crippen molar-refractivity contribution >= 4 is 17.5 Å². The molecule has 2 rings (SSSR count). The van der Waals surface area contributed by atoms with Gasteiger partial charge in [-0.3, -0.25) is 9.59 Å². The lowest BCUT2D eigenvalue weighted by atomic mass is 10.0. The summed E-state index contributed by atoms with van der Waals surface area (Å²) < 4.78 is 16.1. The molecule has 0 radical (unpaired) electrons. The van der Waals surface area contributed by atoms with Gasteiger partial charge in [0.25, 0.3) is 5.91 Å². The van der Waals surface area contributed by atoms with Crippen LogP contribution in [-0.4, -0.2) is 38.7 Å². The molecule has 0 unspecified atom stereocenters. The van der Waals surface area contributed by atoms with Crippen LogP contribution in [0, 0.1) is 0 Å². The molecule has 31 heavy (non-hydrogen) atoms. The molecule has 7 nitrogen and oxygen atoms in total. The second-order valence-electron chi connectivity index (χ2n) is 7.81. The standard InChI is InChI=1S/C24H32N2O5/c1-7-24(2,3)26-23(28)17-8-12-18(13-9-17)25-20(27)15-11-16-10-14-19(29-4)22(31-6)21(16)30-5/h8-10,12-14H,7,11,15H2,1-6H3,(H,25,27)(H,26,28). The van der Waals surface area contributed by atoms with Gasteiger partial charge in [-0.15, -0.1) is 0 Å². The van der Waals surface area contributed by atoms with Crippen LogP contribution in [-0.2, 0) is 11.2 Å². The third-order valence-corrected chi connectivity index (χ3v) is 5.17. The molecule has 0 aliphatic carbocycles. The Hall–Kier alpha value is -3.22. The van der Waals surface area contributed by atoms with Crippen molar-refractivity contribution in [2.75, 3.05) is 26.6 Å². The summed E-state index contributed by atoms with van der Waals surface area (Å²) in [6.45, 7) is 5.98. The van der Waals surface area contributed by atoms with Crippen molar-refractivity contribution in [2.24, 2.45) is 0 Å². The van der Waals surface area contributed by atoms with Crippen molar-refractivity contribution in [3.63, 3.8) is 0 Å². The first-order chi connectivity index (χ1) is 14.7. The number of hydrogen-bond acceptors (Lipinski definition) is 5. The predicted molar refractivity (Wildman–Crippen MR) is 121 cm³/mol. The third kappa shape index (κ3) is 6.38. The molecule has 168 valence electrons. The van der Waals surface area contributed by atoms with E-state index in [-0.39, 0.29) is 23.8 Å². The van der Waals surface area contributed by atoms with Crippen molar-refractivity contribution in [1.29, 1.82) is 0 Å². The van der Waals surface area contributed by atoms with E-state index in [1.165, 1.54) is 0 Å². The number of ether oxygens (including phenoxy) is 3. The van der Waals surface area contributed by atoms with Gasteiger partial charge in [0.05, 0.1) is 21.3 Å². The number of methoxy groups -OCH3 is 3. The Labute approximate surface area is 184 Å². The van der Waals surface area contributed by atoms with Crippen molar-refractivity contribution in [3.05, 3.63) is 47.5 Å². The lowest BCUT2D eigenvalue weighted by molar-refractivity contribution is -0.116. The Morgan fingerprint density at radius 2 is 1.55 bits per heavy atom. The topological polar surface area (TPSA) is 85.9 Å². The number of hydrogen-bond donors (Lipinski definition) is 2. The van der Waals surface area contributed by atoms with E-state index in [1.807, 2.05) is 26.8 Å². The number of rotatable bonds is 10. The van der Waals surface area contributed by atoms with Crippen LogP contribution in [0.25, 0.3) is 0 Å². The number of amides is 2. The number of nitrogens with one attached hydrogen (secondary N) is 2. The van der Waals surface area contributed by atoms with E-state index >= 15 is 0 Å². The Balaban J connectivity index is 1.99. The molecule has 7 heteroatoms. The van der Waals surface area contributed by atoms with Gasteiger partial charge in [0.1, 0.15) is 0 Å². The number of carbonyl (C=O) groups excluding carboxylic acids is 2. The molecule has 0 bridgehead atoms. The zero-order chi connectivity index (χ0) is 23.0. The van der Waals surface area contributed by atoms with E-state index in [1.54, 1.807) is 51.7 Å². The van der Waals surface area contributed by atoms with Crippen LogP contribution < -0.4 is 24.8 Å². The zero-order valence-electron chi connectivity index (χ0n) is 19.1. The van der Waals surface area contributed by atoms with E-state index in [0.717, 1.165) is 12.0 Å². The molecule has 0 aromatic heterocycles. The second-order valence-corrected chi connectivity index (χ2v) is 7.81.